The molecule has 0 saturated carbocycles. The zero-order valence-corrected chi connectivity index (χ0v) is 21.8. The van der Waals surface area contributed by atoms with Gasteiger partial charge in [0.05, 0.1) is 0 Å². The number of ether oxygens (including phenoxy) is 1. The van der Waals surface area contributed by atoms with E-state index in [1.165, 1.54) is 47.1 Å². The molecule has 3 aromatic rings. The number of fused-ring (bicyclic) bond motifs is 3. The largest absolute Gasteiger partial charge is 0.492 e. The summed E-state index contributed by atoms with van der Waals surface area (Å²) in [5.74, 6) is -0.948. The average Bonchev–Trinajstić information content (AvgIpc) is 3.45. The number of para-hydroxylation sites is 1. The summed E-state index contributed by atoms with van der Waals surface area (Å²) < 4.78 is 45.1. The Morgan fingerprint density at radius 2 is 1.75 bits per heavy atom. The summed E-state index contributed by atoms with van der Waals surface area (Å²) in [5.41, 5.74) is 2.72. The summed E-state index contributed by atoms with van der Waals surface area (Å²) in [6.45, 7) is 11.5. The number of benzene rings is 2. The highest BCUT2D eigenvalue weighted by Gasteiger charge is 2.30. The van der Waals surface area contributed by atoms with Gasteiger partial charge < -0.3 is 9.72 Å². The lowest BCUT2D eigenvalue weighted by molar-refractivity contribution is 0.0853. The third-order valence-electron chi connectivity index (χ3n) is 7.06. The summed E-state index contributed by atoms with van der Waals surface area (Å²) in [5, 5.41) is 1.32. The Morgan fingerprint density at radius 1 is 1.08 bits per heavy atom. The van der Waals surface area contributed by atoms with Crippen LogP contribution >= 0.6 is 0 Å². The van der Waals surface area contributed by atoms with Crippen molar-refractivity contribution in [2.75, 3.05) is 26.2 Å². The first kappa shape index (κ1) is 26.6. The Hall–Kier alpha value is -2.51. The molecule has 0 radical (unpaired) electrons. The second kappa shape index (κ2) is 11.3. The van der Waals surface area contributed by atoms with E-state index in [2.05, 4.69) is 52.9 Å². The molecule has 1 fully saturated rings. The van der Waals surface area contributed by atoms with Gasteiger partial charge in [0.1, 0.15) is 29.7 Å². The number of nitrogens with one attached hydrogen (secondary N) is 1. The smallest absolute Gasteiger partial charge is 0.129 e. The quantitative estimate of drug-likeness (QED) is 0.419. The molecule has 0 aliphatic carbocycles. The standard InChI is InChI=1S/C16H21FN2.C13H17F2NO/c1-11-8-13-12-6-4-5-7-14(12)18-15(13)9-19(11)10-16(2,3)17;1-10(16-4-2-3-5-16)9-17-13-7-11(14)6-12(15)8-13/h4-7,11,18H,8-10H2,1-3H3;6-8,10H,2-5,9H2,1H3/t11-;10-/m11/s1. The van der Waals surface area contributed by atoms with Crippen molar-refractivity contribution < 1.29 is 17.9 Å². The SMILES string of the molecule is C[C@@H]1Cc2c([nH]c3ccccc23)CN1CC(C)(C)F.C[C@H](COc1cc(F)cc(F)c1)N1CCCC1. The molecule has 1 saturated heterocycles. The minimum absolute atomic E-state index is 0.258. The van der Waals surface area contributed by atoms with Crippen LogP contribution in [0.4, 0.5) is 13.2 Å². The Morgan fingerprint density at radius 3 is 2.42 bits per heavy atom. The van der Waals surface area contributed by atoms with E-state index in [0.29, 0.717) is 19.2 Å². The van der Waals surface area contributed by atoms with Crippen LogP contribution in [-0.2, 0) is 13.0 Å². The summed E-state index contributed by atoms with van der Waals surface area (Å²) in [4.78, 5) is 8.05. The summed E-state index contributed by atoms with van der Waals surface area (Å²) in [6, 6.07) is 12.4. The van der Waals surface area contributed by atoms with Crippen LogP contribution in [0.3, 0.4) is 0 Å². The maximum Gasteiger partial charge on any atom is 0.129 e. The number of nitrogens with zero attached hydrogens (tertiary/aromatic N) is 2. The van der Waals surface area contributed by atoms with Crippen LogP contribution < -0.4 is 4.74 Å². The lowest BCUT2D eigenvalue weighted by Crippen LogP contribution is -2.44. The van der Waals surface area contributed by atoms with Crippen molar-refractivity contribution in [1.29, 1.82) is 0 Å². The minimum Gasteiger partial charge on any atom is -0.492 e. The van der Waals surface area contributed by atoms with Crippen molar-refractivity contribution in [1.82, 2.24) is 14.8 Å². The molecule has 3 heterocycles. The zero-order valence-electron chi connectivity index (χ0n) is 21.8. The number of rotatable bonds is 6. The van der Waals surface area contributed by atoms with E-state index in [0.717, 1.165) is 32.1 Å². The van der Waals surface area contributed by atoms with Crippen molar-refractivity contribution in [2.45, 2.75) is 71.3 Å². The molecule has 2 aromatic carbocycles. The molecular weight excluding hydrogens is 463 g/mol. The highest BCUT2D eigenvalue weighted by molar-refractivity contribution is 5.84. The highest BCUT2D eigenvalue weighted by atomic mass is 19.1. The van der Waals surface area contributed by atoms with Crippen molar-refractivity contribution in [3.63, 3.8) is 0 Å². The van der Waals surface area contributed by atoms with Crippen LogP contribution in [0.15, 0.2) is 42.5 Å². The number of aromatic amines is 1. The molecule has 2 atom stereocenters. The predicted molar refractivity (Wildman–Crippen MR) is 139 cm³/mol. The molecule has 4 nitrogen and oxygen atoms in total. The van der Waals surface area contributed by atoms with Crippen molar-refractivity contribution in [3.8, 4) is 5.75 Å². The molecule has 0 bridgehead atoms. The average molecular weight is 502 g/mol. The van der Waals surface area contributed by atoms with Gasteiger partial charge in [-0.3, -0.25) is 9.80 Å². The Bertz CT molecular complexity index is 1130. The third kappa shape index (κ3) is 6.83. The van der Waals surface area contributed by atoms with Gasteiger partial charge in [-0.05, 0) is 71.7 Å². The van der Waals surface area contributed by atoms with Crippen LogP contribution in [0.1, 0.15) is 51.8 Å². The van der Waals surface area contributed by atoms with Crippen molar-refractivity contribution in [3.05, 3.63) is 65.4 Å². The predicted octanol–water partition coefficient (Wildman–Crippen LogP) is 6.49. The van der Waals surface area contributed by atoms with Crippen LogP contribution in [0, 0.1) is 11.6 Å². The first-order valence-electron chi connectivity index (χ1n) is 12.9. The zero-order chi connectivity index (χ0) is 25.9. The molecule has 5 rings (SSSR count). The van der Waals surface area contributed by atoms with Gasteiger partial charge in [-0.2, -0.15) is 0 Å². The fraction of sp³-hybridized carbons (Fsp3) is 0.517. The van der Waals surface area contributed by atoms with Gasteiger partial charge in [-0.1, -0.05) is 18.2 Å². The molecule has 1 aromatic heterocycles. The fourth-order valence-corrected chi connectivity index (χ4v) is 5.22. The van der Waals surface area contributed by atoms with Crippen molar-refractivity contribution >= 4 is 10.9 Å². The molecule has 7 heteroatoms. The Balaban J connectivity index is 0.000000170. The monoisotopic (exact) mass is 501 g/mol. The van der Waals surface area contributed by atoms with E-state index in [1.54, 1.807) is 13.8 Å². The topological polar surface area (TPSA) is 31.5 Å². The van der Waals surface area contributed by atoms with E-state index in [9.17, 15) is 13.2 Å². The van der Waals surface area contributed by atoms with Crippen LogP contribution in [0.25, 0.3) is 10.9 Å². The van der Waals surface area contributed by atoms with Gasteiger partial charge >= 0.3 is 0 Å². The normalized spacial score (nSPS) is 19.6. The molecule has 0 spiro atoms. The van der Waals surface area contributed by atoms with Gasteiger partial charge in [-0.25, -0.2) is 13.2 Å². The van der Waals surface area contributed by atoms with Gasteiger partial charge in [0.25, 0.3) is 0 Å². The van der Waals surface area contributed by atoms with E-state index in [1.807, 2.05) is 0 Å². The van der Waals surface area contributed by atoms with Gasteiger partial charge in [0.15, 0.2) is 0 Å². The molecule has 196 valence electrons. The fourth-order valence-electron chi connectivity index (χ4n) is 5.22. The molecule has 2 aliphatic rings. The molecular formula is C29H38F3N3O. The third-order valence-corrected chi connectivity index (χ3v) is 7.06. The van der Waals surface area contributed by atoms with E-state index in [4.69, 9.17) is 4.74 Å². The number of halogens is 3. The summed E-state index contributed by atoms with van der Waals surface area (Å²) in [6.07, 6.45) is 3.44. The number of hydrogen-bond acceptors (Lipinski definition) is 3. The van der Waals surface area contributed by atoms with Gasteiger partial charge in [-0.15, -0.1) is 0 Å². The van der Waals surface area contributed by atoms with Crippen LogP contribution in [-0.4, -0.2) is 58.8 Å². The molecule has 0 unspecified atom stereocenters. The number of likely N-dealkylation sites (tertiary alicyclic amines) is 1. The maximum atomic E-state index is 13.9. The van der Waals surface area contributed by atoms with Gasteiger partial charge in [0.2, 0.25) is 0 Å². The lowest BCUT2D eigenvalue weighted by atomic mass is 9.96. The molecule has 0 amide bonds. The maximum absolute atomic E-state index is 13.9. The van der Waals surface area contributed by atoms with Crippen LogP contribution in [0.2, 0.25) is 0 Å². The number of hydrogen-bond donors (Lipinski definition) is 1. The van der Waals surface area contributed by atoms with E-state index in [-0.39, 0.29) is 11.8 Å². The summed E-state index contributed by atoms with van der Waals surface area (Å²) in [7, 11) is 0. The second-order valence-electron chi connectivity index (χ2n) is 10.8. The van der Waals surface area contributed by atoms with Crippen LogP contribution in [0.5, 0.6) is 5.75 Å². The number of aromatic nitrogens is 1. The molecule has 2 aliphatic heterocycles. The molecule has 1 N–H and O–H groups in total. The van der Waals surface area contributed by atoms with Crippen molar-refractivity contribution in [2.24, 2.45) is 0 Å². The van der Waals surface area contributed by atoms with Gasteiger partial charge in [0, 0.05) is 60.0 Å². The molecule has 36 heavy (non-hydrogen) atoms. The Labute approximate surface area is 212 Å². The minimum atomic E-state index is -1.14. The second-order valence-corrected chi connectivity index (χ2v) is 10.8. The number of alkyl halides is 1. The summed E-state index contributed by atoms with van der Waals surface area (Å²) >= 11 is 0. The first-order valence-corrected chi connectivity index (χ1v) is 12.9. The highest BCUT2D eigenvalue weighted by Crippen LogP contribution is 2.31. The first-order chi connectivity index (χ1) is 17.1. The lowest BCUT2D eigenvalue weighted by Gasteiger charge is -2.36. The van der Waals surface area contributed by atoms with E-state index < -0.39 is 17.3 Å². The number of H-pyrrole nitrogens is 1. The van der Waals surface area contributed by atoms with E-state index >= 15 is 0 Å². The Kier molecular flexibility index (Phi) is 8.30.